The largest absolute Gasteiger partial charge is 0.373 e. The van der Waals surface area contributed by atoms with Gasteiger partial charge in [-0.1, -0.05) is 11.6 Å². The minimum Gasteiger partial charge on any atom is -0.373 e. The number of hydrogen-bond acceptors (Lipinski definition) is 4. The molecule has 3 aromatic heterocycles. The van der Waals surface area contributed by atoms with Crippen LogP contribution in [0.4, 0.5) is 4.39 Å². The first-order valence-corrected chi connectivity index (χ1v) is 12.0. The number of benzene rings is 1. The van der Waals surface area contributed by atoms with E-state index in [1.165, 1.54) is 6.07 Å². The van der Waals surface area contributed by atoms with E-state index >= 15 is 4.39 Å². The van der Waals surface area contributed by atoms with Crippen molar-refractivity contribution in [3.63, 3.8) is 0 Å². The van der Waals surface area contributed by atoms with Gasteiger partial charge in [0.25, 0.3) is 5.56 Å². The SMILES string of the molecule is Cn1cc([C@@H]2C[C@H](c3cc(-c4ccc(Cl)cc4F)c4nc5c(c(=O)n4c3)CCC5)CCO2)cn1. The fourth-order valence-corrected chi connectivity index (χ4v) is 5.46. The lowest BCUT2D eigenvalue weighted by Gasteiger charge is -2.30. The minimum atomic E-state index is -0.429. The quantitative estimate of drug-likeness (QED) is 0.415. The summed E-state index contributed by atoms with van der Waals surface area (Å²) in [5.41, 5.74) is 5.07. The van der Waals surface area contributed by atoms with Gasteiger partial charge in [-0.05, 0) is 67.9 Å². The van der Waals surface area contributed by atoms with Crippen LogP contribution in [0.5, 0.6) is 0 Å². The van der Waals surface area contributed by atoms with Crippen molar-refractivity contribution in [2.24, 2.45) is 7.05 Å². The molecule has 1 aromatic carbocycles. The van der Waals surface area contributed by atoms with Crippen LogP contribution in [0.2, 0.25) is 5.02 Å². The number of halogens is 2. The minimum absolute atomic E-state index is 0.0501. The van der Waals surface area contributed by atoms with E-state index < -0.39 is 5.82 Å². The van der Waals surface area contributed by atoms with E-state index in [-0.39, 0.29) is 17.6 Å². The van der Waals surface area contributed by atoms with Gasteiger partial charge in [-0.3, -0.25) is 13.9 Å². The van der Waals surface area contributed by atoms with E-state index in [9.17, 15) is 4.79 Å². The second-order valence-corrected chi connectivity index (χ2v) is 9.67. The Bertz CT molecular complexity index is 1480. The number of pyridine rings is 1. The molecule has 4 heterocycles. The van der Waals surface area contributed by atoms with Crippen LogP contribution in [-0.4, -0.2) is 25.8 Å². The van der Waals surface area contributed by atoms with E-state index in [4.69, 9.17) is 21.3 Å². The number of aryl methyl sites for hydroxylation is 2. The van der Waals surface area contributed by atoms with E-state index in [2.05, 4.69) is 5.10 Å². The molecule has 0 unspecified atom stereocenters. The zero-order chi connectivity index (χ0) is 23.4. The fourth-order valence-electron chi connectivity index (χ4n) is 5.30. The van der Waals surface area contributed by atoms with Crippen molar-refractivity contribution in [1.82, 2.24) is 19.2 Å². The van der Waals surface area contributed by atoms with Gasteiger partial charge in [-0.25, -0.2) is 9.37 Å². The van der Waals surface area contributed by atoms with Gasteiger partial charge in [0.1, 0.15) is 11.5 Å². The van der Waals surface area contributed by atoms with Crippen LogP contribution in [0.25, 0.3) is 16.8 Å². The molecule has 8 heteroatoms. The van der Waals surface area contributed by atoms with Gasteiger partial charge in [-0.15, -0.1) is 0 Å². The van der Waals surface area contributed by atoms with Gasteiger partial charge in [-0.2, -0.15) is 5.10 Å². The van der Waals surface area contributed by atoms with Crippen molar-refractivity contribution in [1.29, 1.82) is 0 Å². The Hall–Kier alpha value is -3.03. The second kappa shape index (κ2) is 8.32. The maximum atomic E-state index is 15.1. The normalized spacial score (nSPS) is 20.1. The second-order valence-electron chi connectivity index (χ2n) is 9.23. The zero-order valence-corrected chi connectivity index (χ0v) is 19.6. The number of aromatic nitrogens is 4. The lowest BCUT2D eigenvalue weighted by molar-refractivity contribution is 0.00518. The van der Waals surface area contributed by atoms with E-state index in [0.717, 1.165) is 54.5 Å². The predicted octanol–water partition coefficient (Wildman–Crippen LogP) is 5.01. The van der Waals surface area contributed by atoms with Gasteiger partial charge < -0.3 is 4.74 Å². The molecule has 174 valence electrons. The Morgan fingerprint density at radius 3 is 2.82 bits per heavy atom. The molecule has 2 aliphatic rings. The maximum absolute atomic E-state index is 15.1. The van der Waals surface area contributed by atoms with E-state index in [1.807, 2.05) is 31.7 Å². The molecule has 1 aliphatic heterocycles. The number of rotatable bonds is 3. The van der Waals surface area contributed by atoms with Crippen molar-refractivity contribution in [2.75, 3.05) is 6.61 Å². The first-order chi connectivity index (χ1) is 16.5. The summed E-state index contributed by atoms with van der Waals surface area (Å²) >= 11 is 6.02. The highest BCUT2D eigenvalue weighted by Gasteiger charge is 2.28. The molecule has 1 fully saturated rings. The number of fused-ring (bicyclic) bond motifs is 2. The first kappa shape index (κ1) is 21.5. The molecule has 6 rings (SSSR count). The Labute approximate surface area is 201 Å². The highest BCUT2D eigenvalue weighted by Crippen LogP contribution is 2.39. The topological polar surface area (TPSA) is 61.4 Å². The number of nitrogens with zero attached hydrogens (tertiary/aromatic N) is 4. The molecule has 4 aromatic rings. The van der Waals surface area contributed by atoms with Gasteiger partial charge in [0.2, 0.25) is 0 Å². The molecule has 0 spiro atoms. The molecule has 6 nitrogen and oxygen atoms in total. The maximum Gasteiger partial charge on any atom is 0.261 e. The van der Waals surface area contributed by atoms with Crippen LogP contribution in [-0.2, 0) is 24.6 Å². The van der Waals surface area contributed by atoms with E-state index in [0.29, 0.717) is 28.4 Å². The molecule has 0 saturated carbocycles. The summed E-state index contributed by atoms with van der Waals surface area (Å²) in [4.78, 5) is 18.3. The molecule has 0 radical (unpaired) electrons. The third-order valence-corrected chi connectivity index (χ3v) is 7.27. The monoisotopic (exact) mass is 478 g/mol. The Morgan fingerprint density at radius 1 is 1.15 bits per heavy atom. The summed E-state index contributed by atoms with van der Waals surface area (Å²) in [6.07, 6.45) is 9.63. The Balaban J connectivity index is 1.52. The summed E-state index contributed by atoms with van der Waals surface area (Å²) in [6, 6.07) is 6.63. The predicted molar refractivity (Wildman–Crippen MR) is 128 cm³/mol. The van der Waals surface area contributed by atoms with E-state index in [1.54, 1.807) is 21.2 Å². The van der Waals surface area contributed by atoms with Crippen LogP contribution in [0.1, 0.15) is 53.7 Å². The molecule has 0 amide bonds. The standard InChI is InChI=1S/C26H24ClFN4O2/c1-31-13-17(12-29-31)24-10-15(7-8-34-24)16-9-21(19-6-5-18(27)11-22(19)28)25-30-23-4-2-3-20(23)26(33)32(25)14-16/h5-6,9,11-15,24H,2-4,7-8,10H2,1H3/t15-,24+/m1/s1. The molecular weight excluding hydrogens is 455 g/mol. The van der Waals surface area contributed by atoms with Gasteiger partial charge in [0.05, 0.1) is 18.0 Å². The van der Waals surface area contributed by atoms with Crippen LogP contribution < -0.4 is 5.56 Å². The molecule has 0 N–H and O–H groups in total. The van der Waals surface area contributed by atoms with Crippen molar-refractivity contribution in [3.8, 4) is 11.1 Å². The smallest absolute Gasteiger partial charge is 0.261 e. The third-order valence-electron chi connectivity index (χ3n) is 7.04. The molecule has 1 saturated heterocycles. The molecule has 1 aliphatic carbocycles. The number of hydrogen-bond donors (Lipinski definition) is 0. The Kier molecular flexibility index (Phi) is 5.26. The average Bonchev–Trinajstić information content (AvgIpc) is 3.48. The highest BCUT2D eigenvalue weighted by atomic mass is 35.5. The third kappa shape index (κ3) is 3.63. The average molecular weight is 479 g/mol. The van der Waals surface area contributed by atoms with Crippen molar-refractivity contribution >= 4 is 17.2 Å². The van der Waals surface area contributed by atoms with Gasteiger partial charge in [0.15, 0.2) is 0 Å². The first-order valence-electron chi connectivity index (χ1n) is 11.6. The Morgan fingerprint density at radius 2 is 2.03 bits per heavy atom. The lowest BCUT2D eigenvalue weighted by atomic mass is 9.86. The zero-order valence-electron chi connectivity index (χ0n) is 18.8. The molecule has 34 heavy (non-hydrogen) atoms. The summed E-state index contributed by atoms with van der Waals surface area (Å²) in [7, 11) is 1.89. The fraction of sp³-hybridized carbons (Fsp3) is 0.346. The van der Waals surface area contributed by atoms with Crippen molar-refractivity contribution in [3.05, 3.63) is 86.4 Å². The molecule has 0 bridgehead atoms. The number of ether oxygens (including phenoxy) is 1. The van der Waals surface area contributed by atoms with Crippen LogP contribution in [0, 0.1) is 5.82 Å². The van der Waals surface area contributed by atoms with Crippen LogP contribution in [0.3, 0.4) is 0 Å². The van der Waals surface area contributed by atoms with Gasteiger partial charge >= 0.3 is 0 Å². The van der Waals surface area contributed by atoms with Crippen molar-refractivity contribution in [2.45, 2.75) is 44.1 Å². The molecule has 2 atom stereocenters. The molecular formula is C26H24ClFN4O2. The summed E-state index contributed by atoms with van der Waals surface area (Å²) in [6.45, 7) is 0.601. The summed E-state index contributed by atoms with van der Waals surface area (Å²) in [5, 5.41) is 4.61. The van der Waals surface area contributed by atoms with Crippen LogP contribution in [0.15, 0.2) is 47.7 Å². The lowest BCUT2D eigenvalue weighted by Crippen LogP contribution is -2.23. The van der Waals surface area contributed by atoms with Crippen LogP contribution >= 0.6 is 11.6 Å². The van der Waals surface area contributed by atoms with Crippen molar-refractivity contribution < 1.29 is 9.13 Å². The van der Waals surface area contributed by atoms with Gasteiger partial charge in [0, 0.05) is 53.3 Å². The highest BCUT2D eigenvalue weighted by molar-refractivity contribution is 6.30. The summed E-state index contributed by atoms with van der Waals surface area (Å²) < 4.78 is 24.5. The summed E-state index contributed by atoms with van der Waals surface area (Å²) in [5.74, 6) is -0.279.